The summed E-state index contributed by atoms with van der Waals surface area (Å²) in [5.41, 5.74) is 0.769. The van der Waals surface area contributed by atoms with Gasteiger partial charge in [-0.05, 0) is 40.9 Å². The van der Waals surface area contributed by atoms with Crippen LogP contribution in [0.15, 0.2) is 35.0 Å². The lowest BCUT2D eigenvalue weighted by molar-refractivity contribution is -0.121. The Morgan fingerprint density at radius 3 is 2.87 bits per heavy atom. The van der Waals surface area contributed by atoms with Crippen LogP contribution in [-0.4, -0.2) is 24.2 Å². The van der Waals surface area contributed by atoms with E-state index in [9.17, 15) is 18.7 Å². The van der Waals surface area contributed by atoms with Crippen LogP contribution < -0.4 is 10.1 Å². The van der Waals surface area contributed by atoms with Gasteiger partial charge in [-0.1, -0.05) is 0 Å². The van der Waals surface area contributed by atoms with Crippen LogP contribution in [0.3, 0.4) is 0 Å². The second-order valence-corrected chi connectivity index (χ2v) is 5.68. The van der Waals surface area contributed by atoms with Crippen LogP contribution in [0.1, 0.15) is 24.5 Å². The number of hydrogen-bond donors (Lipinski definition) is 2. The van der Waals surface area contributed by atoms with E-state index in [1.54, 1.807) is 6.07 Å². The number of aliphatic hydroxyl groups excluding tert-OH is 1. The molecule has 2 N–H and O–H groups in total. The molecule has 1 amide bonds. The number of carbonyl (C=O) groups is 1. The smallest absolute Gasteiger partial charge is 0.220 e. The second-order valence-electron chi connectivity index (χ2n) is 4.90. The van der Waals surface area contributed by atoms with Crippen LogP contribution in [0.5, 0.6) is 5.75 Å². The Morgan fingerprint density at radius 2 is 2.17 bits per heavy atom. The van der Waals surface area contributed by atoms with Crippen LogP contribution in [-0.2, 0) is 4.79 Å². The van der Waals surface area contributed by atoms with Gasteiger partial charge in [-0.3, -0.25) is 4.79 Å². The molecule has 124 valence electrons. The van der Waals surface area contributed by atoms with Gasteiger partial charge < -0.3 is 15.2 Å². The zero-order valence-electron chi connectivity index (χ0n) is 12.3. The standard InChI is InChI=1S/C16H17F2NO3S/c17-12-3-4-15(13(18)8-12)22-6-1-2-16(21)19-9-14(20)11-5-7-23-10-11/h3-5,7-8,10,14,20H,1-2,6,9H2,(H,19,21). The molecule has 0 aliphatic heterocycles. The molecule has 2 aromatic rings. The Labute approximate surface area is 136 Å². The number of hydrogen-bond acceptors (Lipinski definition) is 4. The lowest BCUT2D eigenvalue weighted by atomic mass is 10.2. The van der Waals surface area contributed by atoms with E-state index in [2.05, 4.69) is 5.32 Å². The zero-order valence-corrected chi connectivity index (χ0v) is 13.1. The molecule has 0 saturated carbocycles. The molecule has 7 heteroatoms. The van der Waals surface area contributed by atoms with Gasteiger partial charge in [0, 0.05) is 19.0 Å². The summed E-state index contributed by atoms with van der Waals surface area (Å²) < 4.78 is 31.2. The van der Waals surface area contributed by atoms with Gasteiger partial charge in [-0.25, -0.2) is 8.78 Å². The van der Waals surface area contributed by atoms with Crippen molar-refractivity contribution in [3.8, 4) is 5.75 Å². The molecular formula is C16H17F2NO3S. The number of ether oxygens (including phenoxy) is 1. The van der Waals surface area contributed by atoms with Crippen molar-refractivity contribution in [3.05, 3.63) is 52.2 Å². The molecule has 1 heterocycles. The molecule has 1 aromatic carbocycles. The van der Waals surface area contributed by atoms with Crippen molar-refractivity contribution >= 4 is 17.2 Å². The molecule has 23 heavy (non-hydrogen) atoms. The number of carbonyl (C=O) groups excluding carboxylic acids is 1. The summed E-state index contributed by atoms with van der Waals surface area (Å²) in [6.45, 7) is 0.284. The van der Waals surface area contributed by atoms with Gasteiger partial charge in [0.25, 0.3) is 0 Å². The molecule has 0 fully saturated rings. The largest absolute Gasteiger partial charge is 0.491 e. The number of nitrogens with one attached hydrogen (secondary N) is 1. The van der Waals surface area contributed by atoms with E-state index in [4.69, 9.17) is 4.74 Å². The van der Waals surface area contributed by atoms with Crippen LogP contribution in [0.2, 0.25) is 0 Å². The molecule has 0 spiro atoms. The maximum absolute atomic E-state index is 13.3. The third kappa shape index (κ3) is 5.61. The third-order valence-electron chi connectivity index (χ3n) is 3.12. The monoisotopic (exact) mass is 341 g/mol. The van der Waals surface area contributed by atoms with Crippen molar-refractivity contribution in [1.82, 2.24) is 5.32 Å². The van der Waals surface area contributed by atoms with Crippen molar-refractivity contribution in [2.75, 3.05) is 13.2 Å². The summed E-state index contributed by atoms with van der Waals surface area (Å²) in [4.78, 5) is 11.6. The Morgan fingerprint density at radius 1 is 1.35 bits per heavy atom. The maximum atomic E-state index is 13.3. The number of aliphatic hydroxyl groups is 1. The normalized spacial score (nSPS) is 12.0. The van der Waals surface area contributed by atoms with E-state index in [0.29, 0.717) is 6.42 Å². The van der Waals surface area contributed by atoms with E-state index >= 15 is 0 Å². The predicted molar refractivity (Wildman–Crippen MR) is 83.4 cm³/mol. The molecule has 2 rings (SSSR count). The molecular weight excluding hydrogens is 324 g/mol. The minimum absolute atomic E-state index is 0.0420. The van der Waals surface area contributed by atoms with Crippen molar-refractivity contribution in [3.63, 3.8) is 0 Å². The Kier molecular flexibility index (Phi) is 6.49. The first-order chi connectivity index (χ1) is 11.1. The minimum atomic E-state index is -0.770. The van der Waals surface area contributed by atoms with Crippen molar-refractivity contribution in [1.29, 1.82) is 0 Å². The molecule has 0 saturated heterocycles. The SMILES string of the molecule is O=C(CCCOc1ccc(F)cc1F)NCC(O)c1ccsc1. The Bertz CT molecular complexity index is 634. The van der Waals surface area contributed by atoms with Gasteiger partial charge in [0.05, 0.1) is 12.7 Å². The number of benzene rings is 1. The number of amides is 1. The van der Waals surface area contributed by atoms with Gasteiger partial charge in [0.15, 0.2) is 11.6 Å². The first-order valence-electron chi connectivity index (χ1n) is 7.11. The summed E-state index contributed by atoms with van der Waals surface area (Å²) in [5, 5.41) is 16.1. The zero-order chi connectivity index (χ0) is 16.7. The summed E-state index contributed by atoms with van der Waals surface area (Å²) >= 11 is 1.48. The highest BCUT2D eigenvalue weighted by molar-refractivity contribution is 7.07. The first-order valence-corrected chi connectivity index (χ1v) is 8.05. The van der Waals surface area contributed by atoms with E-state index in [-0.39, 0.29) is 31.2 Å². The van der Waals surface area contributed by atoms with E-state index in [1.165, 1.54) is 17.4 Å². The van der Waals surface area contributed by atoms with Crippen molar-refractivity contribution in [2.45, 2.75) is 18.9 Å². The summed E-state index contributed by atoms with van der Waals surface area (Å²) in [7, 11) is 0. The lowest BCUT2D eigenvalue weighted by Gasteiger charge is -2.11. The fraction of sp³-hybridized carbons (Fsp3) is 0.312. The van der Waals surface area contributed by atoms with Gasteiger partial charge in [0.1, 0.15) is 5.82 Å². The maximum Gasteiger partial charge on any atom is 0.220 e. The topological polar surface area (TPSA) is 58.6 Å². The third-order valence-corrected chi connectivity index (χ3v) is 3.82. The van der Waals surface area contributed by atoms with E-state index < -0.39 is 17.7 Å². The second kappa shape index (κ2) is 8.59. The molecule has 1 unspecified atom stereocenters. The summed E-state index contributed by atoms with van der Waals surface area (Å²) in [5.74, 6) is -1.70. The quantitative estimate of drug-likeness (QED) is 0.726. The molecule has 0 aliphatic carbocycles. The predicted octanol–water partition coefficient (Wildman–Crippen LogP) is 3.04. The first kappa shape index (κ1) is 17.4. The minimum Gasteiger partial charge on any atom is -0.491 e. The van der Waals surface area contributed by atoms with Crippen LogP contribution in [0.25, 0.3) is 0 Å². The van der Waals surface area contributed by atoms with Crippen LogP contribution in [0.4, 0.5) is 8.78 Å². The number of thiophene rings is 1. The lowest BCUT2D eigenvalue weighted by Crippen LogP contribution is -2.28. The Hall–Kier alpha value is -1.99. The van der Waals surface area contributed by atoms with Crippen LogP contribution in [0, 0.1) is 11.6 Å². The molecule has 0 aliphatic rings. The number of rotatable bonds is 8. The highest BCUT2D eigenvalue weighted by atomic mass is 32.1. The van der Waals surface area contributed by atoms with E-state index in [0.717, 1.165) is 17.7 Å². The van der Waals surface area contributed by atoms with Gasteiger partial charge in [-0.15, -0.1) is 0 Å². The average molecular weight is 341 g/mol. The summed E-state index contributed by atoms with van der Waals surface area (Å²) in [6, 6.07) is 4.86. The van der Waals surface area contributed by atoms with E-state index in [1.807, 2.05) is 10.8 Å². The molecule has 1 atom stereocenters. The van der Waals surface area contributed by atoms with Crippen LogP contribution >= 0.6 is 11.3 Å². The average Bonchev–Trinajstić information content (AvgIpc) is 3.05. The highest BCUT2D eigenvalue weighted by Gasteiger charge is 2.10. The highest BCUT2D eigenvalue weighted by Crippen LogP contribution is 2.18. The molecule has 0 radical (unpaired) electrons. The molecule has 4 nitrogen and oxygen atoms in total. The van der Waals surface area contributed by atoms with Gasteiger partial charge in [0.2, 0.25) is 5.91 Å². The molecule has 0 bridgehead atoms. The van der Waals surface area contributed by atoms with Crippen molar-refractivity contribution < 1.29 is 23.4 Å². The molecule has 1 aromatic heterocycles. The fourth-order valence-electron chi connectivity index (χ4n) is 1.89. The van der Waals surface area contributed by atoms with Gasteiger partial charge >= 0.3 is 0 Å². The fourth-order valence-corrected chi connectivity index (χ4v) is 2.60. The summed E-state index contributed by atoms with van der Waals surface area (Å²) in [6.07, 6.45) is -0.147. The van der Waals surface area contributed by atoms with Gasteiger partial charge in [-0.2, -0.15) is 11.3 Å². The Balaban J connectivity index is 1.63. The van der Waals surface area contributed by atoms with Crippen molar-refractivity contribution in [2.24, 2.45) is 0 Å². The number of halogens is 2.